The Balaban J connectivity index is 1.63. The predicted molar refractivity (Wildman–Crippen MR) is 350 cm³/mol. The molecule has 2 heterocycles. The summed E-state index contributed by atoms with van der Waals surface area (Å²) in [6, 6.07) is -0.940. The highest BCUT2D eigenvalue weighted by atomic mass is 16.7. The Bertz CT molecular complexity index is 1770. The van der Waals surface area contributed by atoms with E-state index in [0.29, 0.717) is 12.8 Å². The molecule has 12 unspecified atom stereocenters. The van der Waals surface area contributed by atoms with Crippen LogP contribution < -0.4 is 5.32 Å². The van der Waals surface area contributed by atoms with E-state index in [1.807, 2.05) is 6.08 Å². The lowest BCUT2D eigenvalue weighted by Gasteiger charge is -2.46. The molecule has 498 valence electrons. The van der Waals surface area contributed by atoms with Crippen molar-refractivity contribution >= 4 is 5.91 Å². The number of rotatable bonds is 56. The van der Waals surface area contributed by atoms with Crippen LogP contribution in [0.2, 0.25) is 0 Å². The number of aliphatic hydroxyl groups excluding tert-OH is 8. The van der Waals surface area contributed by atoms with Gasteiger partial charge in [0.25, 0.3) is 0 Å². The van der Waals surface area contributed by atoms with Gasteiger partial charge in [0.2, 0.25) is 5.91 Å². The summed E-state index contributed by atoms with van der Waals surface area (Å²) in [5.41, 5.74) is 0. The zero-order chi connectivity index (χ0) is 62.3. The number of allylic oxidation sites excluding steroid dienone is 13. The summed E-state index contributed by atoms with van der Waals surface area (Å²) in [6.45, 7) is 2.67. The van der Waals surface area contributed by atoms with Crippen molar-refractivity contribution in [2.75, 3.05) is 19.8 Å². The topological polar surface area (TPSA) is 228 Å². The molecule has 14 nitrogen and oxygen atoms in total. The molecule has 0 aliphatic carbocycles. The van der Waals surface area contributed by atoms with Crippen LogP contribution in [0.1, 0.15) is 271 Å². The van der Waals surface area contributed by atoms with E-state index in [-0.39, 0.29) is 18.9 Å². The van der Waals surface area contributed by atoms with Crippen molar-refractivity contribution in [1.82, 2.24) is 5.32 Å². The third-order valence-corrected chi connectivity index (χ3v) is 16.5. The van der Waals surface area contributed by atoms with Crippen LogP contribution in [-0.2, 0) is 23.7 Å². The minimum atomic E-state index is -1.79. The molecule has 2 aliphatic rings. The van der Waals surface area contributed by atoms with E-state index in [2.05, 4.69) is 92.1 Å². The maximum Gasteiger partial charge on any atom is 0.220 e. The molecule has 14 heteroatoms. The van der Waals surface area contributed by atoms with Crippen LogP contribution in [0.25, 0.3) is 0 Å². The molecule has 0 aromatic heterocycles. The van der Waals surface area contributed by atoms with Crippen LogP contribution in [0.4, 0.5) is 0 Å². The molecule has 2 rings (SSSR count). The fourth-order valence-corrected chi connectivity index (χ4v) is 11.0. The van der Waals surface area contributed by atoms with E-state index in [1.165, 1.54) is 167 Å². The number of nitrogens with one attached hydrogen (secondary N) is 1. The lowest BCUT2D eigenvalue weighted by Crippen LogP contribution is -2.65. The molecule has 0 aromatic carbocycles. The molecule has 0 aromatic rings. The third kappa shape index (κ3) is 40.0. The molecule has 0 bridgehead atoms. The van der Waals surface area contributed by atoms with Gasteiger partial charge in [-0.2, -0.15) is 0 Å². The zero-order valence-corrected chi connectivity index (χ0v) is 54.0. The summed E-state index contributed by atoms with van der Waals surface area (Å²) in [7, 11) is 0. The van der Waals surface area contributed by atoms with Gasteiger partial charge in [0, 0.05) is 6.42 Å². The fourth-order valence-electron chi connectivity index (χ4n) is 11.0. The van der Waals surface area contributed by atoms with E-state index >= 15 is 0 Å². The first-order valence-corrected chi connectivity index (χ1v) is 34.8. The summed E-state index contributed by atoms with van der Waals surface area (Å²) in [5, 5.41) is 87.3. The molecule has 0 radical (unpaired) electrons. The molecular weight excluding hydrogens is 1090 g/mol. The van der Waals surface area contributed by atoms with Crippen LogP contribution in [-0.4, -0.2) is 140 Å². The van der Waals surface area contributed by atoms with Crippen LogP contribution in [0, 0.1) is 0 Å². The second-order valence-electron chi connectivity index (χ2n) is 24.3. The van der Waals surface area contributed by atoms with Crippen molar-refractivity contribution in [3.8, 4) is 0 Å². The first kappa shape index (κ1) is 79.3. The van der Waals surface area contributed by atoms with Crippen LogP contribution in [0.5, 0.6) is 0 Å². The second kappa shape index (κ2) is 56.2. The molecule has 2 aliphatic heterocycles. The lowest BCUT2D eigenvalue weighted by molar-refractivity contribution is -0.359. The Kier molecular flexibility index (Phi) is 51.8. The van der Waals surface area contributed by atoms with Gasteiger partial charge in [-0.3, -0.25) is 4.79 Å². The molecule has 2 fully saturated rings. The summed E-state index contributed by atoms with van der Waals surface area (Å²) < 4.78 is 22.8. The average molecular weight is 1210 g/mol. The summed E-state index contributed by atoms with van der Waals surface area (Å²) >= 11 is 0. The van der Waals surface area contributed by atoms with E-state index in [4.69, 9.17) is 18.9 Å². The minimum Gasteiger partial charge on any atom is -0.394 e. The molecule has 9 N–H and O–H groups in total. The Morgan fingerprint density at radius 1 is 0.430 bits per heavy atom. The van der Waals surface area contributed by atoms with Crippen molar-refractivity contribution in [1.29, 1.82) is 0 Å². The first-order chi connectivity index (χ1) is 42.1. The Morgan fingerprint density at radius 2 is 0.814 bits per heavy atom. The van der Waals surface area contributed by atoms with Gasteiger partial charge in [0.15, 0.2) is 12.6 Å². The number of carbonyl (C=O) groups excluding carboxylic acids is 1. The second-order valence-corrected chi connectivity index (χ2v) is 24.3. The largest absolute Gasteiger partial charge is 0.394 e. The molecule has 1 amide bonds. The van der Waals surface area contributed by atoms with Gasteiger partial charge < -0.3 is 65.1 Å². The van der Waals surface area contributed by atoms with Crippen molar-refractivity contribution in [3.63, 3.8) is 0 Å². The third-order valence-electron chi connectivity index (χ3n) is 16.5. The first-order valence-electron chi connectivity index (χ1n) is 34.8. The van der Waals surface area contributed by atoms with Gasteiger partial charge in [-0.1, -0.05) is 266 Å². The lowest BCUT2D eigenvalue weighted by atomic mass is 9.97. The minimum absolute atomic E-state index is 0.252. The Hall–Kier alpha value is -2.83. The van der Waals surface area contributed by atoms with E-state index < -0.39 is 86.8 Å². The van der Waals surface area contributed by atoms with Gasteiger partial charge in [-0.25, -0.2) is 0 Å². The van der Waals surface area contributed by atoms with Gasteiger partial charge in [0.05, 0.1) is 32.0 Å². The number of ether oxygens (including phenoxy) is 4. The molecular formula is C72H127NO13. The van der Waals surface area contributed by atoms with E-state index in [0.717, 1.165) is 70.6 Å². The van der Waals surface area contributed by atoms with Crippen LogP contribution in [0.15, 0.2) is 85.1 Å². The number of hydrogen-bond acceptors (Lipinski definition) is 13. The number of unbranched alkanes of at least 4 members (excludes halogenated alkanes) is 31. The maximum absolute atomic E-state index is 13.3. The Morgan fingerprint density at radius 3 is 1.28 bits per heavy atom. The highest BCUT2D eigenvalue weighted by Gasteiger charge is 2.51. The molecule has 12 atom stereocenters. The number of amides is 1. The highest BCUT2D eigenvalue weighted by Crippen LogP contribution is 2.30. The standard InChI is InChI=1S/C72H127NO13/c1-3-5-7-9-11-13-15-17-19-21-22-23-24-25-26-27-28-29-30-31-32-33-34-35-36-37-38-40-42-44-46-48-50-52-54-56-64(77)73-60(61(76)55-53-51-49-47-45-43-41-39-20-18-16-14-12-10-8-6-4-2)59-83-71-69(82)67(80)70(63(58-75)85-71)86-72-68(81)66(79)65(78)62(57-74)84-72/h5,7,11,13,17,19-20,22-23,39,45,47,53,55,60-63,65-72,74-76,78-82H,3-4,6,8-10,12,14-16,18,21,24-38,40-44,46,48-52,54,56-59H2,1-2H3,(H,73,77)/b7-5-,13-11-,19-17-,23-22-,39-20+,47-45+,55-53+. The SMILES string of the molecule is CC/C=C\C/C=C\C/C=C\C/C=C\CCCCCCCCCCCCCCCCCCCCCCCCC(=O)NC(COC1OC(CO)C(OC2OC(CO)C(O)C(O)C2O)C(O)C1O)C(O)/C=C/CC/C=C/CC/C=C/CCCCCCCCC. The quantitative estimate of drug-likeness (QED) is 0.0204. The van der Waals surface area contributed by atoms with Crippen LogP contribution in [0.3, 0.4) is 0 Å². The summed E-state index contributed by atoms with van der Waals surface area (Å²) in [4.78, 5) is 13.3. The zero-order valence-electron chi connectivity index (χ0n) is 54.0. The van der Waals surface area contributed by atoms with Crippen molar-refractivity contribution < 1.29 is 64.6 Å². The maximum atomic E-state index is 13.3. The van der Waals surface area contributed by atoms with Gasteiger partial charge in [-0.05, 0) is 83.5 Å². The normalized spacial score (nSPS) is 23.9. The summed E-state index contributed by atoms with van der Waals surface area (Å²) in [5.74, 6) is -0.252. The van der Waals surface area contributed by atoms with Crippen molar-refractivity contribution in [3.05, 3.63) is 85.1 Å². The number of aliphatic hydroxyl groups is 8. The van der Waals surface area contributed by atoms with E-state index in [1.54, 1.807) is 6.08 Å². The fraction of sp³-hybridized carbons (Fsp3) is 0.792. The predicted octanol–water partition coefficient (Wildman–Crippen LogP) is 14.0. The summed E-state index contributed by atoms with van der Waals surface area (Å²) in [6.07, 6.45) is 60.8. The molecule has 2 saturated heterocycles. The average Bonchev–Trinajstić information content (AvgIpc) is 2.46. The number of carbonyl (C=O) groups is 1. The highest BCUT2D eigenvalue weighted by molar-refractivity contribution is 5.76. The Labute approximate surface area is 522 Å². The molecule has 86 heavy (non-hydrogen) atoms. The van der Waals surface area contributed by atoms with Crippen molar-refractivity contribution in [2.45, 2.75) is 344 Å². The van der Waals surface area contributed by atoms with Gasteiger partial charge in [0.1, 0.15) is 48.8 Å². The van der Waals surface area contributed by atoms with Gasteiger partial charge in [-0.15, -0.1) is 0 Å². The van der Waals surface area contributed by atoms with Crippen LogP contribution >= 0.6 is 0 Å². The number of hydrogen-bond donors (Lipinski definition) is 9. The molecule has 0 spiro atoms. The van der Waals surface area contributed by atoms with E-state index in [9.17, 15) is 45.6 Å². The van der Waals surface area contributed by atoms with Gasteiger partial charge >= 0.3 is 0 Å². The smallest absolute Gasteiger partial charge is 0.220 e. The van der Waals surface area contributed by atoms with Crippen molar-refractivity contribution in [2.24, 2.45) is 0 Å². The molecule has 0 saturated carbocycles. The monoisotopic (exact) mass is 1210 g/mol.